The van der Waals surface area contributed by atoms with E-state index in [-0.39, 0.29) is 23.4 Å². The van der Waals surface area contributed by atoms with Crippen molar-refractivity contribution in [2.24, 2.45) is 0 Å². The molecule has 0 bridgehead atoms. The highest BCUT2D eigenvalue weighted by atomic mass is 19.4. The highest BCUT2D eigenvalue weighted by molar-refractivity contribution is 6.10. The molecule has 21 heteroatoms. The standard InChI is InChI=1S/C33H39FN10.2C2HF3O2/c1-7-42(6)33(5)16-43(17-33)32-30-31(44(41-40-30)22-9-11-36-21(14-22)8-10-35)23-12-19(3)26(28(34)29(23)38-32)27-20(4)18(2)13-25-24(27)15-37-39-25;2*3-2(4,5)1(6)7/h12-13,15,21-22,36H,7-9,11,14,16-17H2,1-6H3,(H,37,39);2*(H,6,7)/t21-,22+;;/m1../s1. The fraction of sp³-hybridized carbons (Fsp3) is 0.486. The minimum absolute atomic E-state index is 0.00416. The third-order valence-corrected chi connectivity index (χ3v) is 10.7. The van der Waals surface area contributed by atoms with E-state index in [9.17, 15) is 31.6 Å². The average Bonchev–Trinajstić information content (AvgIpc) is 3.79. The Labute approximate surface area is 326 Å². The summed E-state index contributed by atoms with van der Waals surface area (Å²) < 4.78 is 82.7. The number of hydrogen-bond donors (Lipinski definition) is 4. The fourth-order valence-electron chi connectivity index (χ4n) is 7.37. The van der Waals surface area contributed by atoms with Crippen LogP contribution >= 0.6 is 0 Å². The number of carboxylic acid groups (broad SMARTS) is 2. The lowest BCUT2D eigenvalue weighted by molar-refractivity contribution is -0.193. The molecule has 7 rings (SSSR count). The van der Waals surface area contributed by atoms with E-state index in [1.807, 2.05) is 25.5 Å². The number of aryl methyl sites for hydroxylation is 2. The normalized spacial score (nSPS) is 18.0. The second-order valence-corrected chi connectivity index (χ2v) is 14.6. The van der Waals surface area contributed by atoms with Gasteiger partial charge in [0, 0.05) is 35.5 Å². The third-order valence-electron chi connectivity index (χ3n) is 10.7. The van der Waals surface area contributed by atoms with Gasteiger partial charge in [0.1, 0.15) is 11.0 Å². The molecule has 0 spiro atoms. The summed E-state index contributed by atoms with van der Waals surface area (Å²) in [6.45, 7) is 13.7. The van der Waals surface area contributed by atoms with E-state index in [0.717, 1.165) is 77.7 Å². The van der Waals surface area contributed by atoms with Gasteiger partial charge in [0.05, 0.1) is 35.8 Å². The van der Waals surface area contributed by atoms with Crippen molar-refractivity contribution in [3.05, 3.63) is 40.8 Å². The zero-order chi connectivity index (χ0) is 43.1. The van der Waals surface area contributed by atoms with Crippen LogP contribution in [0.3, 0.4) is 0 Å². The summed E-state index contributed by atoms with van der Waals surface area (Å²) in [6.07, 6.45) is -6.34. The lowest BCUT2D eigenvalue weighted by atomic mass is 9.89. The number of piperidine rings is 1. The van der Waals surface area contributed by atoms with Crippen LogP contribution in [0.5, 0.6) is 0 Å². The number of pyridine rings is 1. The maximum Gasteiger partial charge on any atom is 0.490 e. The molecule has 0 radical (unpaired) electrons. The summed E-state index contributed by atoms with van der Waals surface area (Å²) in [6, 6.07) is 6.54. The highest BCUT2D eigenvalue weighted by Crippen LogP contribution is 2.43. The van der Waals surface area contributed by atoms with E-state index in [0.29, 0.717) is 34.2 Å². The van der Waals surface area contributed by atoms with Crippen molar-refractivity contribution < 1.29 is 50.5 Å². The summed E-state index contributed by atoms with van der Waals surface area (Å²) in [7, 11) is 2.14. The van der Waals surface area contributed by atoms with Gasteiger partial charge in [-0.2, -0.15) is 36.7 Å². The van der Waals surface area contributed by atoms with Crippen molar-refractivity contribution in [2.75, 3.05) is 38.1 Å². The van der Waals surface area contributed by atoms with E-state index in [1.54, 1.807) is 6.20 Å². The smallest absolute Gasteiger partial charge is 0.475 e. The first-order chi connectivity index (χ1) is 27.0. The monoisotopic (exact) mass is 822 g/mol. The van der Waals surface area contributed by atoms with Crippen molar-refractivity contribution in [1.82, 2.24) is 40.4 Å². The van der Waals surface area contributed by atoms with Gasteiger partial charge in [0.15, 0.2) is 17.2 Å². The minimum atomic E-state index is -5.08. The number of benzene rings is 2. The van der Waals surface area contributed by atoms with Gasteiger partial charge in [-0.25, -0.2) is 23.6 Å². The number of nitriles is 1. The molecular formula is C37H41F7N10O4. The van der Waals surface area contributed by atoms with Gasteiger partial charge in [-0.3, -0.25) is 10.00 Å². The molecule has 58 heavy (non-hydrogen) atoms. The molecule has 5 heterocycles. The molecule has 0 amide bonds. The van der Waals surface area contributed by atoms with Gasteiger partial charge in [0.2, 0.25) is 0 Å². The van der Waals surface area contributed by atoms with E-state index >= 15 is 4.39 Å². The number of nitrogens with zero attached hydrogens (tertiary/aromatic N) is 8. The number of rotatable bonds is 6. The Kier molecular flexibility index (Phi) is 12.2. The lowest BCUT2D eigenvalue weighted by Crippen LogP contribution is -2.68. The number of alkyl halides is 6. The van der Waals surface area contributed by atoms with Crippen LogP contribution in [0, 0.1) is 37.9 Å². The lowest BCUT2D eigenvalue weighted by Gasteiger charge is -2.53. The largest absolute Gasteiger partial charge is 0.490 e. The maximum absolute atomic E-state index is 17.2. The molecular weight excluding hydrogens is 781 g/mol. The van der Waals surface area contributed by atoms with Crippen LogP contribution in [0.15, 0.2) is 18.3 Å². The van der Waals surface area contributed by atoms with Crippen molar-refractivity contribution in [3.8, 4) is 17.2 Å². The van der Waals surface area contributed by atoms with Crippen molar-refractivity contribution in [3.63, 3.8) is 0 Å². The summed E-state index contributed by atoms with van der Waals surface area (Å²) in [5, 5.41) is 45.4. The summed E-state index contributed by atoms with van der Waals surface area (Å²) >= 11 is 0. The molecule has 0 aliphatic carbocycles. The second kappa shape index (κ2) is 16.3. The Hall–Kier alpha value is -5.62. The van der Waals surface area contributed by atoms with Crippen LogP contribution in [-0.2, 0) is 9.59 Å². The number of aromatic amines is 1. The number of aromatic nitrogens is 6. The predicted octanol–water partition coefficient (Wildman–Crippen LogP) is 6.59. The molecule has 5 aromatic rings. The molecule has 4 N–H and O–H groups in total. The Morgan fingerprint density at radius 3 is 2.21 bits per heavy atom. The molecule has 2 atom stereocenters. The fourth-order valence-corrected chi connectivity index (χ4v) is 7.37. The van der Waals surface area contributed by atoms with Crippen molar-refractivity contribution in [1.29, 1.82) is 5.26 Å². The van der Waals surface area contributed by atoms with Gasteiger partial charge in [0.25, 0.3) is 0 Å². The molecule has 0 saturated carbocycles. The quantitative estimate of drug-likeness (QED) is 0.135. The first-order valence-electron chi connectivity index (χ1n) is 18.0. The van der Waals surface area contributed by atoms with Crippen LogP contribution in [0.25, 0.3) is 44.0 Å². The SMILES string of the molecule is CCN(C)C1(C)CN(c2nc3c(F)c(-c4c(C)c(C)cc5[nH]ncc45)c(C)cc3c3c2nnn3[C@H]2CCN[C@H](CC#N)C2)C1.O=C(O)C(F)(F)F.O=C(O)C(F)(F)F. The van der Waals surface area contributed by atoms with Crippen LogP contribution < -0.4 is 10.2 Å². The zero-order valence-corrected chi connectivity index (χ0v) is 32.3. The summed E-state index contributed by atoms with van der Waals surface area (Å²) in [5.74, 6) is -5.18. The second-order valence-electron chi connectivity index (χ2n) is 14.6. The van der Waals surface area contributed by atoms with Gasteiger partial charge in [-0.15, -0.1) is 5.10 Å². The number of aliphatic carboxylic acids is 2. The number of carboxylic acids is 2. The van der Waals surface area contributed by atoms with Gasteiger partial charge < -0.3 is 20.4 Å². The van der Waals surface area contributed by atoms with Gasteiger partial charge >= 0.3 is 24.3 Å². The van der Waals surface area contributed by atoms with Gasteiger partial charge in [-0.1, -0.05) is 12.1 Å². The maximum atomic E-state index is 17.2. The third kappa shape index (κ3) is 8.48. The van der Waals surface area contributed by atoms with Gasteiger partial charge in [-0.05, 0) is 95.1 Å². The molecule has 2 aliphatic heterocycles. The van der Waals surface area contributed by atoms with E-state index in [4.69, 9.17) is 35.1 Å². The number of fused-ring (bicyclic) bond motifs is 4. The van der Waals surface area contributed by atoms with Crippen molar-refractivity contribution in [2.45, 2.75) is 83.9 Å². The summed E-state index contributed by atoms with van der Waals surface area (Å²) in [5.41, 5.74) is 7.03. The van der Waals surface area contributed by atoms with Crippen LogP contribution in [0.4, 0.5) is 36.6 Å². The van der Waals surface area contributed by atoms with Crippen molar-refractivity contribution >= 4 is 50.6 Å². The molecule has 312 valence electrons. The Bertz CT molecular complexity index is 2370. The highest BCUT2D eigenvalue weighted by Gasteiger charge is 2.44. The first-order valence-corrected chi connectivity index (χ1v) is 18.0. The molecule has 14 nitrogen and oxygen atoms in total. The van der Waals surface area contributed by atoms with Crippen LogP contribution in [0.1, 0.15) is 55.8 Å². The molecule has 2 aliphatic rings. The Balaban J connectivity index is 0.000000393. The van der Waals surface area contributed by atoms with E-state index in [1.165, 1.54) is 0 Å². The molecule has 0 unspecified atom stereocenters. The zero-order valence-electron chi connectivity index (χ0n) is 32.3. The topological polar surface area (TPSA) is 189 Å². The number of hydrogen-bond acceptors (Lipinski definition) is 10. The van der Waals surface area contributed by atoms with E-state index in [2.05, 4.69) is 64.4 Å². The molecule has 3 aromatic heterocycles. The number of halogens is 7. The molecule has 2 aromatic carbocycles. The number of carbonyl (C=O) groups is 2. The molecule has 2 saturated heterocycles. The summed E-state index contributed by atoms with van der Waals surface area (Å²) in [4.78, 5) is 27.4. The minimum Gasteiger partial charge on any atom is -0.475 e. The molecule has 2 fully saturated rings. The first kappa shape index (κ1) is 43.5. The number of nitrogens with one attached hydrogen (secondary N) is 2. The number of likely N-dealkylation sites (N-methyl/N-ethyl adjacent to an activating group) is 1. The predicted molar refractivity (Wildman–Crippen MR) is 199 cm³/mol. The van der Waals surface area contributed by atoms with E-state index < -0.39 is 24.3 Å². The number of anilines is 1. The average molecular weight is 823 g/mol. The Morgan fingerprint density at radius 2 is 1.64 bits per heavy atom. The van der Waals surface area contributed by atoms with Crippen LogP contribution in [0.2, 0.25) is 0 Å². The van der Waals surface area contributed by atoms with Crippen LogP contribution in [-0.4, -0.2) is 114 Å². The Morgan fingerprint density at radius 1 is 1.02 bits per heavy atom. The number of H-pyrrole nitrogens is 1.